The highest BCUT2D eigenvalue weighted by molar-refractivity contribution is 7.09. The van der Waals surface area contributed by atoms with Crippen molar-refractivity contribution in [2.45, 2.75) is 13.2 Å². The molecule has 3 rings (SSSR count). The largest absolute Gasteiger partial charge is 0.489 e. The molecule has 0 aliphatic carbocycles. The smallest absolute Gasteiger partial charge is 0.262 e. The Kier molecular flexibility index (Phi) is 7.01. The van der Waals surface area contributed by atoms with Gasteiger partial charge in [-0.2, -0.15) is 5.26 Å². The Hall–Kier alpha value is -3.14. The van der Waals surface area contributed by atoms with Crippen molar-refractivity contribution in [3.63, 3.8) is 0 Å². The molecule has 3 aromatic rings. The molecule has 1 heterocycles. The number of ether oxygens (including phenoxy) is 1. The highest BCUT2D eigenvalue weighted by atomic mass is 35.5. The summed E-state index contributed by atoms with van der Waals surface area (Å²) in [5.41, 5.74) is 0.963. The number of amides is 1. The number of benzene rings is 2. The van der Waals surface area contributed by atoms with Gasteiger partial charge in [0.25, 0.3) is 5.91 Å². The van der Waals surface area contributed by atoms with Crippen molar-refractivity contribution >= 4 is 34.9 Å². The lowest BCUT2D eigenvalue weighted by molar-refractivity contribution is -0.117. The lowest BCUT2D eigenvalue weighted by atomic mass is 10.1. The third-order valence-corrected chi connectivity index (χ3v) is 5.23. The van der Waals surface area contributed by atoms with E-state index in [1.54, 1.807) is 30.3 Å². The maximum absolute atomic E-state index is 13.8. The Morgan fingerprint density at radius 2 is 2.00 bits per heavy atom. The fourth-order valence-electron chi connectivity index (χ4n) is 2.48. The summed E-state index contributed by atoms with van der Waals surface area (Å²) < 4.78 is 19.4. The molecular formula is C22H16ClFN2O2S. The summed E-state index contributed by atoms with van der Waals surface area (Å²) in [6.07, 6.45) is 1.50. The van der Waals surface area contributed by atoms with E-state index in [9.17, 15) is 14.4 Å². The quantitative estimate of drug-likeness (QED) is 0.409. The first-order valence-corrected chi connectivity index (χ1v) is 9.90. The van der Waals surface area contributed by atoms with Crippen LogP contribution in [-0.2, 0) is 17.9 Å². The van der Waals surface area contributed by atoms with Gasteiger partial charge in [0.1, 0.15) is 29.8 Å². The van der Waals surface area contributed by atoms with Gasteiger partial charge in [0.05, 0.1) is 11.6 Å². The van der Waals surface area contributed by atoms with E-state index in [2.05, 4.69) is 5.32 Å². The topological polar surface area (TPSA) is 62.1 Å². The minimum absolute atomic E-state index is 0.00470. The van der Waals surface area contributed by atoms with Crippen LogP contribution >= 0.6 is 22.9 Å². The maximum atomic E-state index is 13.8. The summed E-state index contributed by atoms with van der Waals surface area (Å²) in [6, 6.07) is 17.0. The molecule has 2 aromatic carbocycles. The van der Waals surface area contributed by atoms with E-state index in [0.717, 1.165) is 4.88 Å². The molecule has 0 spiro atoms. The molecule has 0 fully saturated rings. The molecule has 0 radical (unpaired) electrons. The van der Waals surface area contributed by atoms with E-state index in [0.29, 0.717) is 22.9 Å². The van der Waals surface area contributed by atoms with Crippen LogP contribution in [0.4, 0.5) is 4.39 Å². The summed E-state index contributed by atoms with van der Waals surface area (Å²) in [5.74, 6) is -0.346. The van der Waals surface area contributed by atoms with Crippen LogP contribution in [-0.4, -0.2) is 5.91 Å². The number of nitrogens with zero attached hydrogens (tertiary/aromatic N) is 1. The van der Waals surface area contributed by atoms with E-state index in [-0.39, 0.29) is 17.7 Å². The van der Waals surface area contributed by atoms with Crippen LogP contribution in [0.3, 0.4) is 0 Å². The number of hydrogen-bond acceptors (Lipinski definition) is 4. The van der Waals surface area contributed by atoms with Crippen LogP contribution in [0.2, 0.25) is 5.02 Å². The summed E-state index contributed by atoms with van der Waals surface area (Å²) in [7, 11) is 0. The molecule has 7 heteroatoms. The van der Waals surface area contributed by atoms with Crippen molar-refractivity contribution in [3.05, 3.63) is 92.4 Å². The molecule has 0 saturated carbocycles. The number of halogens is 2. The molecule has 1 N–H and O–H groups in total. The third kappa shape index (κ3) is 5.67. The van der Waals surface area contributed by atoms with Gasteiger partial charge in [-0.05, 0) is 47.4 Å². The number of nitrogens with one attached hydrogen (secondary N) is 1. The van der Waals surface area contributed by atoms with Gasteiger partial charge in [-0.25, -0.2) is 4.39 Å². The fourth-order valence-corrected chi connectivity index (χ4v) is 3.34. The molecule has 0 saturated heterocycles. The lowest BCUT2D eigenvalue weighted by Crippen LogP contribution is -2.23. The van der Waals surface area contributed by atoms with Crippen molar-refractivity contribution in [2.24, 2.45) is 0 Å². The summed E-state index contributed by atoms with van der Waals surface area (Å²) in [6.45, 7) is 0.371. The standard InChI is InChI=1S/C22H16ClFN2O2S/c23-20-4-1-5-21(24)19(20)14-28-17-8-6-15(7-9-17)11-16(12-25)22(27)26-13-18-3-2-10-29-18/h1-11H,13-14H2,(H,26,27)/b16-11+. The van der Waals surface area contributed by atoms with E-state index in [4.69, 9.17) is 16.3 Å². The summed E-state index contributed by atoms with van der Waals surface area (Å²) >= 11 is 7.52. The molecule has 0 unspecified atom stereocenters. The number of hydrogen-bond donors (Lipinski definition) is 1. The van der Waals surface area contributed by atoms with Crippen LogP contribution in [0.1, 0.15) is 16.0 Å². The highest BCUT2D eigenvalue weighted by Crippen LogP contribution is 2.22. The first-order valence-electron chi connectivity index (χ1n) is 8.65. The van der Waals surface area contributed by atoms with Gasteiger partial charge >= 0.3 is 0 Å². The second kappa shape index (κ2) is 9.87. The molecule has 146 valence electrons. The van der Waals surface area contributed by atoms with Crippen LogP contribution in [0.25, 0.3) is 6.08 Å². The Morgan fingerprint density at radius 3 is 2.66 bits per heavy atom. The number of carbonyl (C=O) groups excluding carboxylic acids is 1. The Labute approximate surface area is 176 Å². The van der Waals surface area contributed by atoms with Crippen molar-refractivity contribution in [3.8, 4) is 11.8 Å². The van der Waals surface area contributed by atoms with Crippen molar-refractivity contribution < 1.29 is 13.9 Å². The average Bonchev–Trinajstić information content (AvgIpc) is 3.24. The monoisotopic (exact) mass is 426 g/mol. The van der Waals surface area contributed by atoms with E-state index in [1.165, 1.54) is 29.5 Å². The first kappa shape index (κ1) is 20.6. The molecule has 1 amide bonds. The molecule has 29 heavy (non-hydrogen) atoms. The molecular weight excluding hydrogens is 411 g/mol. The highest BCUT2D eigenvalue weighted by Gasteiger charge is 2.10. The molecule has 4 nitrogen and oxygen atoms in total. The molecule has 0 atom stereocenters. The van der Waals surface area contributed by atoms with Crippen LogP contribution in [0.5, 0.6) is 5.75 Å². The third-order valence-electron chi connectivity index (χ3n) is 4.00. The predicted octanol–water partition coefficient (Wildman–Crippen LogP) is 5.34. The summed E-state index contributed by atoms with van der Waals surface area (Å²) in [5, 5.41) is 14.2. The van der Waals surface area contributed by atoms with Crippen LogP contribution in [0.15, 0.2) is 65.6 Å². The SMILES string of the molecule is N#C/C(=C\c1ccc(OCc2c(F)cccc2Cl)cc1)C(=O)NCc1cccs1. The van der Waals surface area contributed by atoms with Crippen LogP contribution in [0, 0.1) is 17.1 Å². The van der Waals surface area contributed by atoms with Crippen molar-refractivity contribution in [2.75, 3.05) is 0 Å². The van der Waals surface area contributed by atoms with Gasteiger partial charge in [-0.1, -0.05) is 35.9 Å². The van der Waals surface area contributed by atoms with Gasteiger partial charge < -0.3 is 10.1 Å². The van der Waals surface area contributed by atoms with E-state index >= 15 is 0 Å². The number of thiophene rings is 1. The van der Waals surface area contributed by atoms with Gasteiger partial charge in [0, 0.05) is 10.4 Å². The zero-order chi connectivity index (χ0) is 20.6. The molecule has 1 aromatic heterocycles. The van der Waals surface area contributed by atoms with Crippen LogP contribution < -0.4 is 10.1 Å². The van der Waals surface area contributed by atoms with Crippen molar-refractivity contribution in [1.29, 1.82) is 5.26 Å². The summed E-state index contributed by atoms with van der Waals surface area (Å²) in [4.78, 5) is 13.2. The Balaban J connectivity index is 1.62. The van der Waals surface area contributed by atoms with Crippen molar-refractivity contribution in [1.82, 2.24) is 5.32 Å². The maximum Gasteiger partial charge on any atom is 0.262 e. The zero-order valence-corrected chi connectivity index (χ0v) is 16.8. The second-order valence-electron chi connectivity index (χ2n) is 5.99. The molecule has 0 aliphatic rings. The van der Waals surface area contributed by atoms with E-state index < -0.39 is 11.7 Å². The fraction of sp³-hybridized carbons (Fsp3) is 0.0909. The second-order valence-corrected chi connectivity index (χ2v) is 7.43. The number of carbonyl (C=O) groups is 1. The van der Waals surface area contributed by atoms with Gasteiger partial charge in [0.15, 0.2) is 0 Å². The minimum Gasteiger partial charge on any atom is -0.489 e. The van der Waals surface area contributed by atoms with Gasteiger partial charge in [0.2, 0.25) is 0 Å². The number of rotatable bonds is 7. The van der Waals surface area contributed by atoms with E-state index in [1.807, 2.05) is 23.6 Å². The number of nitriles is 1. The predicted molar refractivity (Wildman–Crippen MR) is 112 cm³/mol. The zero-order valence-electron chi connectivity index (χ0n) is 15.2. The average molecular weight is 427 g/mol. The Bertz CT molecular complexity index is 1040. The Morgan fingerprint density at radius 1 is 1.21 bits per heavy atom. The lowest BCUT2D eigenvalue weighted by Gasteiger charge is -2.09. The first-order chi connectivity index (χ1) is 14.1. The van der Waals surface area contributed by atoms with Gasteiger partial charge in [-0.3, -0.25) is 4.79 Å². The normalized spacial score (nSPS) is 11.0. The van der Waals surface area contributed by atoms with Gasteiger partial charge in [-0.15, -0.1) is 11.3 Å². The molecule has 0 aliphatic heterocycles. The minimum atomic E-state index is -0.435. The molecule has 0 bridgehead atoms.